The maximum absolute atomic E-state index is 9.77. The van der Waals surface area contributed by atoms with E-state index in [1.54, 1.807) is 0 Å². The fourth-order valence-electron chi connectivity index (χ4n) is 7.69. The third kappa shape index (κ3) is 3.73. The fourth-order valence-corrected chi connectivity index (χ4v) is 8.95. The largest absolute Gasteiger partial charge is 0.299 e. The molecule has 9 aromatic rings. The Kier molecular flexibility index (Phi) is 5.29. The summed E-state index contributed by atoms with van der Waals surface area (Å²) < 4.78 is 12.2. The van der Waals surface area contributed by atoms with Gasteiger partial charge in [0, 0.05) is 32.0 Å². The summed E-state index contributed by atoms with van der Waals surface area (Å²) in [5.41, 5.74) is 6.49. The smallest absolute Gasteiger partial charge is 0.231 e. The first-order chi connectivity index (χ1) is 23.5. The predicted molar refractivity (Wildman–Crippen MR) is 200 cm³/mol. The molecule has 1 aliphatic heterocycles. The Bertz CT molecular complexity index is 2780. The molecule has 222 valence electrons. The highest BCUT2D eigenvalue weighted by molar-refractivity contribution is 7.26. The van der Waals surface area contributed by atoms with Crippen LogP contribution in [0.1, 0.15) is 20.8 Å². The number of aromatic nitrogens is 2. The van der Waals surface area contributed by atoms with Gasteiger partial charge in [0.1, 0.15) is 0 Å². The molecule has 0 unspecified atom stereocenters. The van der Waals surface area contributed by atoms with E-state index in [0.717, 1.165) is 55.3 Å². The van der Waals surface area contributed by atoms with E-state index in [2.05, 4.69) is 134 Å². The van der Waals surface area contributed by atoms with Gasteiger partial charge in [0.2, 0.25) is 5.95 Å². The van der Waals surface area contributed by atoms with E-state index in [4.69, 9.17) is 9.97 Å². The first-order valence-electron chi connectivity index (χ1n) is 16.5. The van der Waals surface area contributed by atoms with Gasteiger partial charge in [-0.2, -0.15) is 0 Å². The molecule has 47 heavy (non-hydrogen) atoms. The van der Waals surface area contributed by atoms with E-state index < -0.39 is 5.54 Å². The number of hydrogen-bond acceptors (Lipinski definition) is 4. The Balaban J connectivity index is 1.43. The minimum Gasteiger partial charge on any atom is -0.299 e. The van der Waals surface area contributed by atoms with Gasteiger partial charge in [-0.15, -0.1) is 11.3 Å². The second kappa shape index (κ2) is 9.71. The molecular weight excluding hydrogens is 591 g/mol. The molecule has 1 aliphatic rings. The van der Waals surface area contributed by atoms with Gasteiger partial charge >= 0.3 is 0 Å². The lowest BCUT2D eigenvalue weighted by Gasteiger charge is -2.45. The minimum atomic E-state index is -0.675. The van der Waals surface area contributed by atoms with Crippen LogP contribution in [0.5, 0.6) is 0 Å². The Labute approximate surface area is 277 Å². The summed E-state index contributed by atoms with van der Waals surface area (Å²) in [5.74, 6) is 0.631. The molecule has 0 spiro atoms. The molecule has 3 heterocycles. The standard InChI is InChI=1S/C43H29N3S/c1-43(2)34-25-28-17-7-6-16-27(28)24-33(34)37-29-18-8-9-19-30(29)38-32-21-11-13-23-36(32)47-41(38)40(37)46(43)42-44-35-22-12-10-20-31(35)39(45-42)26-14-4-3-5-15-26/h3-25H,1-2H3/i25D. The topological polar surface area (TPSA) is 29.0 Å². The third-order valence-electron chi connectivity index (χ3n) is 9.81. The molecule has 2 aromatic heterocycles. The Morgan fingerprint density at radius 1 is 0.660 bits per heavy atom. The van der Waals surface area contributed by atoms with Crippen molar-refractivity contribution in [1.29, 1.82) is 0 Å². The predicted octanol–water partition coefficient (Wildman–Crippen LogP) is 12.0. The zero-order valence-electron chi connectivity index (χ0n) is 27.0. The number of para-hydroxylation sites is 1. The van der Waals surface area contributed by atoms with E-state index in [-0.39, 0.29) is 0 Å². The van der Waals surface area contributed by atoms with E-state index in [0.29, 0.717) is 12.0 Å². The van der Waals surface area contributed by atoms with Crippen LogP contribution in [0.3, 0.4) is 0 Å². The number of thiophene rings is 1. The molecule has 0 fully saturated rings. The molecule has 0 saturated carbocycles. The van der Waals surface area contributed by atoms with E-state index in [9.17, 15) is 1.37 Å². The van der Waals surface area contributed by atoms with Gasteiger partial charge in [-0.3, -0.25) is 4.90 Å². The quantitative estimate of drug-likeness (QED) is 0.193. The van der Waals surface area contributed by atoms with Crippen LogP contribution < -0.4 is 4.90 Å². The zero-order valence-corrected chi connectivity index (χ0v) is 26.8. The number of nitrogens with zero attached hydrogens (tertiary/aromatic N) is 3. The van der Waals surface area contributed by atoms with Gasteiger partial charge in [-0.1, -0.05) is 115 Å². The van der Waals surface area contributed by atoms with Gasteiger partial charge in [-0.05, 0) is 70.8 Å². The molecule has 0 amide bonds. The average Bonchev–Trinajstić information content (AvgIpc) is 3.51. The molecule has 10 rings (SSSR count). The van der Waals surface area contributed by atoms with Crippen molar-refractivity contribution in [3.8, 4) is 22.4 Å². The first kappa shape index (κ1) is 25.6. The molecular formula is C43H29N3S. The van der Waals surface area contributed by atoms with Crippen LogP contribution >= 0.6 is 11.3 Å². The summed E-state index contributed by atoms with van der Waals surface area (Å²) in [7, 11) is 0. The highest BCUT2D eigenvalue weighted by Crippen LogP contribution is 2.58. The lowest BCUT2D eigenvalue weighted by Crippen LogP contribution is -2.42. The van der Waals surface area contributed by atoms with Gasteiger partial charge in [-0.25, -0.2) is 9.97 Å². The summed E-state index contributed by atoms with van der Waals surface area (Å²) in [4.78, 5) is 13.1. The summed E-state index contributed by atoms with van der Waals surface area (Å²) in [5, 5.41) is 7.94. The Hall–Kier alpha value is -5.58. The van der Waals surface area contributed by atoms with Crippen LogP contribution in [0.25, 0.3) is 75.0 Å². The van der Waals surface area contributed by atoms with Crippen molar-refractivity contribution in [2.75, 3.05) is 4.90 Å². The monoisotopic (exact) mass is 620 g/mol. The van der Waals surface area contributed by atoms with Crippen molar-refractivity contribution in [3.63, 3.8) is 0 Å². The highest BCUT2D eigenvalue weighted by atomic mass is 32.1. The fraction of sp³-hybridized carbons (Fsp3) is 0.0698. The third-order valence-corrected chi connectivity index (χ3v) is 11.0. The maximum Gasteiger partial charge on any atom is 0.231 e. The molecule has 0 N–H and O–H groups in total. The minimum absolute atomic E-state index is 0.549. The molecule has 0 saturated heterocycles. The second-order valence-electron chi connectivity index (χ2n) is 12.9. The number of rotatable bonds is 2. The van der Waals surface area contributed by atoms with Crippen molar-refractivity contribution in [3.05, 3.63) is 145 Å². The lowest BCUT2D eigenvalue weighted by molar-refractivity contribution is 0.525. The summed E-state index contributed by atoms with van der Waals surface area (Å²) in [6.07, 6.45) is 0. The van der Waals surface area contributed by atoms with Gasteiger partial charge in [0.25, 0.3) is 0 Å². The van der Waals surface area contributed by atoms with Crippen LogP contribution in [0.2, 0.25) is 0 Å². The van der Waals surface area contributed by atoms with Gasteiger partial charge < -0.3 is 0 Å². The summed E-state index contributed by atoms with van der Waals surface area (Å²) >= 11 is 1.83. The van der Waals surface area contributed by atoms with E-state index in [1.165, 1.54) is 30.9 Å². The van der Waals surface area contributed by atoms with Crippen molar-refractivity contribution in [2.45, 2.75) is 19.4 Å². The van der Waals surface area contributed by atoms with Crippen molar-refractivity contribution in [2.24, 2.45) is 0 Å². The Morgan fingerprint density at radius 2 is 1.32 bits per heavy atom. The van der Waals surface area contributed by atoms with E-state index >= 15 is 0 Å². The van der Waals surface area contributed by atoms with Crippen molar-refractivity contribution >= 4 is 75.6 Å². The van der Waals surface area contributed by atoms with Crippen molar-refractivity contribution < 1.29 is 1.37 Å². The normalized spacial score (nSPS) is 14.2. The SMILES string of the molecule is [2H]c1c2c(cc3ccccc13)-c1c(c3sc4ccccc4c3c3ccccc13)N(c1nc(-c3ccccc3)c3ccccc3n1)C2(C)C. The van der Waals surface area contributed by atoms with Gasteiger partial charge in [0.15, 0.2) is 0 Å². The number of fused-ring (bicyclic) bond motifs is 12. The van der Waals surface area contributed by atoms with Crippen LogP contribution in [-0.4, -0.2) is 9.97 Å². The molecule has 7 aromatic carbocycles. The van der Waals surface area contributed by atoms with Crippen LogP contribution in [0, 0.1) is 0 Å². The molecule has 4 heteroatoms. The van der Waals surface area contributed by atoms with Crippen LogP contribution in [-0.2, 0) is 5.54 Å². The van der Waals surface area contributed by atoms with Crippen molar-refractivity contribution in [1.82, 2.24) is 9.97 Å². The highest BCUT2D eigenvalue weighted by Gasteiger charge is 2.42. The number of anilines is 2. The number of hydrogen-bond donors (Lipinski definition) is 0. The molecule has 0 bridgehead atoms. The number of benzene rings is 7. The molecule has 3 nitrogen and oxygen atoms in total. The van der Waals surface area contributed by atoms with E-state index in [1.807, 2.05) is 29.5 Å². The first-order valence-corrected chi connectivity index (χ1v) is 16.8. The maximum atomic E-state index is 9.77. The summed E-state index contributed by atoms with van der Waals surface area (Å²) in [6.45, 7) is 4.47. The average molecular weight is 621 g/mol. The zero-order chi connectivity index (χ0) is 32.1. The molecule has 0 atom stereocenters. The van der Waals surface area contributed by atoms with Crippen LogP contribution in [0.15, 0.2) is 140 Å². The molecule has 0 aliphatic carbocycles. The second-order valence-corrected chi connectivity index (χ2v) is 13.9. The molecule has 0 radical (unpaired) electrons. The summed E-state index contributed by atoms with van der Waals surface area (Å²) in [6, 6.07) is 47.4. The van der Waals surface area contributed by atoms with Gasteiger partial charge in [0.05, 0.1) is 28.5 Å². The lowest BCUT2D eigenvalue weighted by atomic mass is 9.77. The Morgan fingerprint density at radius 3 is 2.15 bits per heavy atom. The van der Waals surface area contributed by atoms with Crippen LogP contribution in [0.4, 0.5) is 11.6 Å².